The molecule has 1 aromatic carbocycles. The van der Waals surface area contributed by atoms with Crippen molar-refractivity contribution in [3.63, 3.8) is 0 Å². The Morgan fingerprint density at radius 3 is 2.48 bits per heavy atom. The monoisotopic (exact) mass is 303 g/mol. The fourth-order valence-corrected chi connectivity index (χ4v) is 2.36. The molecule has 1 amide bonds. The molecular formula is C16H18ClN3O. The number of pyridine rings is 1. The van der Waals surface area contributed by atoms with Gasteiger partial charge in [-0.3, -0.25) is 4.79 Å². The average molecular weight is 304 g/mol. The van der Waals surface area contributed by atoms with Gasteiger partial charge in [-0.1, -0.05) is 30.3 Å². The molecule has 0 radical (unpaired) electrons. The first-order valence-electron chi connectivity index (χ1n) is 6.75. The number of nitrogens with one attached hydrogen (secondary N) is 1. The predicted molar refractivity (Wildman–Crippen MR) is 86.3 cm³/mol. The first-order valence-corrected chi connectivity index (χ1v) is 6.75. The Kier molecular flexibility index (Phi) is 4.48. The fourth-order valence-electron chi connectivity index (χ4n) is 2.36. The minimum absolute atomic E-state index is 0. The van der Waals surface area contributed by atoms with Crippen LogP contribution in [-0.2, 0) is 11.2 Å². The number of amides is 1. The van der Waals surface area contributed by atoms with Gasteiger partial charge in [0.2, 0.25) is 5.91 Å². The lowest BCUT2D eigenvalue weighted by Crippen LogP contribution is -2.26. The molecule has 1 aromatic heterocycles. The van der Waals surface area contributed by atoms with Crippen LogP contribution in [0.2, 0.25) is 0 Å². The molecule has 3 N–H and O–H groups in total. The second-order valence-corrected chi connectivity index (χ2v) is 5.37. The van der Waals surface area contributed by atoms with E-state index in [1.165, 1.54) is 5.56 Å². The van der Waals surface area contributed by atoms with E-state index in [-0.39, 0.29) is 23.7 Å². The van der Waals surface area contributed by atoms with Gasteiger partial charge in [-0.25, -0.2) is 4.98 Å². The molecule has 1 aliphatic rings. The maximum atomic E-state index is 12.4. The highest BCUT2D eigenvalue weighted by Crippen LogP contribution is 2.49. The van der Waals surface area contributed by atoms with Crippen LogP contribution in [0.25, 0.3) is 0 Å². The maximum Gasteiger partial charge on any atom is 0.230 e. The molecule has 0 saturated heterocycles. The molecular weight excluding hydrogens is 286 g/mol. The lowest BCUT2D eigenvalue weighted by Gasteiger charge is -2.15. The zero-order valence-corrected chi connectivity index (χ0v) is 12.4. The zero-order valence-electron chi connectivity index (χ0n) is 11.6. The van der Waals surface area contributed by atoms with Crippen LogP contribution < -0.4 is 11.1 Å². The van der Waals surface area contributed by atoms with Crippen molar-refractivity contribution in [2.45, 2.75) is 19.3 Å². The van der Waals surface area contributed by atoms with Gasteiger partial charge in [0.1, 0.15) is 5.82 Å². The molecule has 0 spiro atoms. The number of nitrogens with two attached hydrogens (primary N) is 1. The van der Waals surface area contributed by atoms with Gasteiger partial charge in [0.25, 0.3) is 0 Å². The van der Waals surface area contributed by atoms with Crippen LogP contribution in [0, 0.1) is 5.41 Å². The van der Waals surface area contributed by atoms with Crippen LogP contribution >= 0.6 is 12.4 Å². The van der Waals surface area contributed by atoms with Gasteiger partial charge in [0.05, 0.1) is 17.3 Å². The highest BCUT2D eigenvalue weighted by Gasteiger charge is 2.49. The standard InChI is InChI=1S/C16H17N3O.ClH/c17-14-7-6-13(11-18-14)19-15(20)16(8-9-16)10-12-4-2-1-3-5-12;/h1-7,11H,8-10H2,(H2,17,18)(H,19,20);1H. The summed E-state index contributed by atoms with van der Waals surface area (Å²) in [5, 5.41) is 2.94. The second kappa shape index (κ2) is 6.14. The molecule has 1 aliphatic carbocycles. The van der Waals surface area contributed by atoms with E-state index in [1.807, 2.05) is 18.2 Å². The average Bonchev–Trinajstić information content (AvgIpc) is 3.23. The number of benzene rings is 1. The second-order valence-electron chi connectivity index (χ2n) is 5.37. The molecule has 5 heteroatoms. The predicted octanol–water partition coefficient (Wildman–Crippen LogP) is 3.05. The zero-order chi connectivity index (χ0) is 14.0. The molecule has 1 saturated carbocycles. The number of halogens is 1. The maximum absolute atomic E-state index is 12.4. The summed E-state index contributed by atoms with van der Waals surface area (Å²) in [6.45, 7) is 0. The van der Waals surface area contributed by atoms with Crippen LogP contribution in [0.5, 0.6) is 0 Å². The molecule has 1 fully saturated rings. The topological polar surface area (TPSA) is 68.0 Å². The number of aromatic nitrogens is 1. The number of rotatable bonds is 4. The Bertz CT molecular complexity index is 609. The molecule has 3 rings (SSSR count). The van der Waals surface area contributed by atoms with E-state index in [2.05, 4.69) is 22.4 Å². The number of nitrogens with zero attached hydrogens (tertiary/aromatic N) is 1. The van der Waals surface area contributed by atoms with E-state index < -0.39 is 0 Å². The molecule has 1 heterocycles. The largest absolute Gasteiger partial charge is 0.384 e. The van der Waals surface area contributed by atoms with E-state index in [0.29, 0.717) is 11.5 Å². The summed E-state index contributed by atoms with van der Waals surface area (Å²) in [6, 6.07) is 13.6. The van der Waals surface area contributed by atoms with Crippen molar-refractivity contribution in [2.24, 2.45) is 5.41 Å². The Balaban J connectivity index is 0.00000161. The Hall–Kier alpha value is -2.07. The summed E-state index contributed by atoms with van der Waals surface area (Å²) in [4.78, 5) is 16.4. The first-order chi connectivity index (χ1) is 9.68. The Labute approximate surface area is 130 Å². The highest BCUT2D eigenvalue weighted by atomic mass is 35.5. The third kappa shape index (κ3) is 3.52. The molecule has 21 heavy (non-hydrogen) atoms. The molecule has 0 aliphatic heterocycles. The minimum Gasteiger partial charge on any atom is -0.384 e. The van der Waals surface area contributed by atoms with Crippen molar-refractivity contribution in [2.75, 3.05) is 11.1 Å². The number of carbonyl (C=O) groups is 1. The van der Waals surface area contributed by atoms with Crippen molar-refractivity contribution in [3.05, 3.63) is 54.2 Å². The van der Waals surface area contributed by atoms with E-state index in [9.17, 15) is 4.79 Å². The molecule has 2 aromatic rings. The Morgan fingerprint density at radius 2 is 1.90 bits per heavy atom. The molecule has 110 valence electrons. The van der Waals surface area contributed by atoms with Gasteiger partial charge in [-0.15, -0.1) is 12.4 Å². The number of carbonyl (C=O) groups excluding carboxylic acids is 1. The van der Waals surface area contributed by atoms with Gasteiger partial charge < -0.3 is 11.1 Å². The summed E-state index contributed by atoms with van der Waals surface area (Å²) in [5.41, 5.74) is 7.19. The Morgan fingerprint density at radius 1 is 1.19 bits per heavy atom. The summed E-state index contributed by atoms with van der Waals surface area (Å²) >= 11 is 0. The van der Waals surface area contributed by atoms with Crippen molar-refractivity contribution in [3.8, 4) is 0 Å². The summed E-state index contributed by atoms with van der Waals surface area (Å²) in [5.74, 6) is 0.529. The van der Waals surface area contributed by atoms with E-state index >= 15 is 0 Å². The third-order valence-electron chi connectivity index (χ3n) is 3.76. The lowest BCUT2D eigenvalue weighted by molar-refractivity contribution is -0.121. The van der Waals surface area contributed by atoms with Gasteiger partial charge in [-0.05, 0) is 37.0 Å². The molecule has 0 atom stereocenters. The SMILES string of the molecule is Cl.Nc1ccc(NC(=O)C2(Cc3ccccc3)CC2)cn1. The molecule has 4 nitrogen and oxygen atoms in total. The number of hydrogen-bond acceptors (Lipinski definition) is 3. The molecule has 0 unspecified atom stereocenters. The van der Waals surface area contributed by atoms with Gasteiger partial charge in [-0.2, -0.15) is 0 Å². The third-order valence-corrected chi connectivity index (χ3v) is 3.76. The van der Waals surface area contributed by atoms with Crippen molar-refractivity contribution in [1.29, 1.82) is 0 Å². The first kappa shape index (κ1) is 15.3. The summed E-state index contributed by atoms with van der Waals surface area (Å²) in [6.07, 6.45) is 4.26. The van der Waals surface area contributed by atoms with Crippen LogP contribution in [0.15, 0.2) is 48.7 Å². The lowest BCUT2D eigenvalue weighted by atomic mass is 9.95. The van der Waals surface area contributed by atoms with Gasteiger partial charge in [0, 0.05) is 0 Å². The summed E-state index contributed by atoms with van der Waals surface area (Å²) in [7, 11) is 0. The van der Waals surface area contributed by atoms with Crippen LogP contribution in [0.4, 0.5) is 11.5 Å². The van der Waals surface area contributed by atoms with Crippen LogP contribution in [-0.4, -0.2) is 10.9 Å². The minimum atomic E-state index is -0.247. The summed E-state index contributed by atoms with van der Waals surface area (Å²) < 4.78 is 0. The molecule has 0 bridgehead atoms. The normalized spacial score (nSPS) is 14.9. The van der Waals surface area contributed by atoms with Gasteiger partial charge in [0.15, 0.2) is 0 Å². The van der Waals surface area contributed by atoms with Crippen molar-refractivity contribution < 1.29 is 4.79 Å². The fraction of sp³-hybridized carbons (Fsp3) is 0.250. The van der Waals surface area contributed by atoms with Crippen molar-refractivity contribution in [1.82, 2.24) is 4.98 Å². The number of hydrogen-bond donors (Lipinski definition) is 2. The van der Waals surface area contributed by atoms with Crippen LogP contribution in [0.3, 0.4) is 0 Å². The van der Waals surface area contributed by atoms with E-state index in [1.54, 1.807) is 18.3 Å². The van der Waals surface area contributed by atoms with E-state index in [0.717, 1.165) is 19.3 Å². The quantitative estimate of drug-likeness (QED) is 0.912. The number of anilines is 2. The number of nitrogen functional groups attached to an aromatic ring is 1. The van der Waals surface area contributed by atoms with Gasteiger partial charge >= 0.3 is 0 Å². The smallest absolute Gasteiger partial charge is 0.230 e. The van der Waals surface area contributed by atoms with E-state index in [4.69, 9.17) is 5.73 Å². The highest BCUT2D eigenvalue weighted by molar-refractivity contribution is 5.97. The van der Waals surface area contributed by atoms with Crippen molar-refractivity contribution >= 4 is 29.8 Å². The van der Waals surface area contributed by atoms with Crippen LogP contribution in [0.1, 0.15) is 18.4 Å².